The molecule has 0 fully saturated rings. The molecule has 2 rings (SSSR count). The summed E-state index contributed by atoms with van der Waals surface area (Å²) < 4.78 is 64.3. The summed E-state index contributed by atoms with van der Waals surface area (Å²) in [5.41, 5.74) is 4.93. The van der Waals surface area contributed by atoms with E-state index >= 15 is 0 Å². The van der Waals surface area contributed by atoms with Crippen LogP contribution in [-0.4, -0.2) is 8.42 Å². The lowest BCUT2D eigenvalue weighted by Gasteiger charge is -2.07. The summed E-state index contributed by atoms with van der Waals surface area (Å²) in [5, 5.41) is 1.39. The van der Waals surface area contributed by atoms with E-state index in [1.165, 1.54) is 11.4 Å². The van der Waals surface area contributed by atoms with Crippen LogP contribution in [0.4, 0.5) is 24.5 Å². The highest BCUT2D eigenvalue weighted by molar-refractivity contribution is 7.94. The van der Waals surface area contributed by atoms with Gasteiger partial charge in [-0.2, -0.15) is 0 Å². The monoisotopic (exact) mass is 308 g/mol. The van der Waals surface area contributed by atoms with Crippen molar-refractivity contribution in [3.05, 3.63) is 41.0 Å². The second-order valence-corrected chi connectivity index (χ2v) is 6.37. The minimum Gasteiger partial charge on any atom is -0.398 e. The third-order valence-electron chi connectivity index (χ3n) is 2.11. The summed E-state index contributed by atoms with van der Waals surface area (Å²) in [5.74, 6) is -3.97. The fourth-order valence-electron chi connectivity index (χ4n) is 1.27. The van der Waals surface area contributed by atoms with Gasteiger partial charge in [-0.1, -0.05) is 0 Å². The smallest absolute Gasteiger partial charge is 0.271 e. The molecule has 0 radical (unpaired) electrons. The van der Waals surface area contributed by atoms with Crippen LogP contribution in [0.3, 0.4) is 0 Å². The van der Waals surface area contributed by atoms with Gasteiger partial charge < -0.3 is 5.73 Å². The van der Waals surface area contributed by atoms with Gasteiger partial charge in [0.1, 0.15) is 10.0 Å². The maximum Gasteiger partial charge on any atom is 0.271 e. The summed E-state index contributed by atoms with van der Waals surface area (Å²) in [7, 11) is -4.09. The molecular formula is C10H7F3N2O2S2. The third kappa shape index (κ3) is 2.82. The first-order valence-electron chi connectivity index (χ1n) is 4.81. The van der Waals surface area contributed by atoms with Crippen molar-refractivity contribution in [2.45, 2.75) is 4.21 Å². The van der Waals surface area contributed by atoms with Crippen LogP contribution in [0.1, 0.15) is 0 Å². The van der Waals surface area contributed by atoms with Gasteiger partial charge in [0, 0.05) is 23.2 Å². The van der Waals surface area contributed by atoms with Crippen molar-refractivity contribution in [1.82, 2.24) is 0 Å². The standard InChI is InChI=1S/C10H7F3N2O2S2/c11-6-2-8(13)9(3-7(6)12)15-19(16,17)10-1-5(14)4-18-10/h1-4,15H,14H2. The molecule has 102 valence electrons. The SMILES string of the molecule is Nc1csc(S(=O)(=O)Nc2cc(F)c(F)cc2F)c1. The molecule has 0 amide bonds. The highest BCUT2D eigenvalue weighted by atomic mass is 32.2. The molecule has 0 unspecified atom stereocenters. The highest BCUT2D eigenvalue weighted by Crippen LogP contribution is 2.26. The molecule has 2 aromatic rings. The molecule has 9 heteroatoms. The molecule has 0 saturated carbocycles. The maximum atomic E-state index is 13.3. The molecule has 4 nitrogen and oxygen atoms in total. The lowest BCUT2D eigenvalue weighted by atomic mass is 10.3. The van der Waals surface area contributed by atoms with Gasteiger partial charge >= 0.3 is 0 Å². The Bertz CT molecular complexity index is 728. The molecule has 19 heavy (non-hydrogen) atoms. The summed E-state index contributed by atoms with van der Waals surface area (Å²) in [4.78, 5) is 0. The minimum absolute atomic E-state index is 0.158. The Kier molecular flexibility index (Phi) is 3.42. The van der Waals surface area contributed by atoms with Crippen molar-refractivity contribution >= 4 is 32.7 Å². The fraction of sp³-hybridized carbons (Fsp3) is 0. The zero-order valence-electron chi connectivity index (χ0n) is 9.15. The number of nitrogen functional groups attached to an aromatic ring is 1. The highest BCUT2D eigenvalue weighted by Gasteiger charge is 2.20. The van der Waals surface area contributed by atoms with Crippen LogP contribution < -0.4 is 10.5 Å². The van der Waals surface area contributed by atoms with E-state index in [1.54, 1.807) is 0 Å². The van der Waals surface area contributed by atoms with Crippen LogP contribution in [0.2, 0.25) is 0 Å². The zero-order valence-corrected chi connectivity index (χ0v) is 10.8. The molecule has 0 spiro atoms. The van der Waals surface area contributed by atoms with Gasteiger partial charge in [0.15, 0.2) is 11.6 Å². The number of anilines is 2. The van der Waals surface area contributed by atoms with Crippen LogP contribution >= 0.6 is 11.3 Å². The Balaban J connectivity index is 2.38. The number of sulfonamides is 1. The van der Waals surface area contributed by atoms with Crippen molar-refractivity contribution in [2.75, 3.05) is 10.5 Å². The number of benzene rings is 1. The van der Waals surface area contributed by atoms with Gasteiger partial charge in [0.05, 0.1) is 5.69 Å². The van der Waals surface area contributed by atoms with E-state index in [0.29, 0.717) is 6.07 Å². The molecule has 1 aromatic carbocycles. The van der Waals surface area contributed by atoms with Crippen LogP contribution in [0.5, 0.6) is 0 Å². The third-order valence-corrected chi connectivity index (χ3v) is 4.94. The minimum atomic E-state index is -4.09. The van der Waals surface area contributed by atoms with E-state index < -0.39 is 33.2 Å². The van der Waals surface area contributed by atoms with E-state index in [2.05, 4.69) is 0 Å². The second-order valence-electron chi connectivity index (χ2n) is 3.55. The Morgan fingerprint density at radius 2 is 1.68 bits per heavy atom. The average molecular weight is 308 g/mol. The van der Waals surface area contributed by atoms with Gasteiger partial charge in [0.2, 0.25) is 0 Å². The Morgan fingerprint density at radius 3 is 2.26 bits per heavy atom. The van der Waals surface area contributed by atoms with E-state index in [1.807, 2.05) is 4.72 Å². The quantitative estimate of drug-likeness (QED) is 0.856. The topological polar surface area (TPSA) is 72.2 Å². The van der Waals surface area contributed by atoms with Gasteiger partial charge in [-0.05, 0) is 6.07 Å². The van der Waals surface area contributed by atoms with Crippen molar-refractivity contribution in [1.29, 1.82) is 0 Å². The number of thiophene rings is 1. The molecule has 3 N–H and O–H groups in total. The first-order chi connectivity index (χ1) is 8.79. The first kappa shape index (κ1) is 13.7. The second kappa shape index (κ2) is 4.74. The van der Waals surface area contributed by atoms with E-state index in [0.717, 1.165) is 11.3 Å². The average Bonchev–Trinajstić information content (AvgIpc) is 2.73. The predicted molar refractivity (Wildman–Crippen MR) is 65.9 cm³/mol. The molecule has 0 aliphatic carbocycles. The normalized spacial score (nSPS) is 11.5. The van der Waals surface area contributed by atoms with Crippen LogP contribution in [0.25, 0.3) is 0 Å². The number of halogens is 3. The Morgan fingerprint density at radius 1 is 1.05 bits per heavy atom. The van der Waals surface area contributed by atoms with Gasteiger partial charge in [0.25, 0.3) is 10.0 Å². The molecule has 0 atom stereocenters. The summed E-state index contributed by atoms with van der Waals surface area (Å²) in [6.07, 6.45) is 0. The van der Waals surface area contributed by atoms with Crippen molar-refractivity contribution < 1.29 is 21.6 Å². The van der Waals surface area contributed by atoms with E-state index in [-0.39, 0.29) is 16.0 Å². The molecule has 0 aliphatic heterocycles. The summed E-state index contributed by atoms with van der Waals surface area (Å²) in [6, 6.07) is 1.86. The molecule has 1 aromatic heterocycles. The number of hydrogen-bond donors (Lipinski definition) is 2. The lowest BCUT2D eigenvalue weighted by molar-refractivity contribution is 0.496. The van der Waals surface area contributed by atoms with Crippen LogP contribution in [0.15, 0.2) is 27.8 Å². The van der Waals surface area contributed by atoms with Crippen molar-refractivity contribution in [3.8, 4) is 0 Å². The van der Waals surface area contributed by atoms with Gasteiger partial charge in [-0.15, -0.1) is 11.3 Å². The Hall–Kier alpha value is -1.74. The summed E-state index contributed by atoms with van der Waals surface area (Å²) >= 11 is 0.823. The van der Waals surface area contributed by atoms with Crippen LogP contribution in [-0.2, 0) is 10.0 Å². The summed E-state index contributed by atoms with van der Waals surface area (Å²) in [6.45, 7) is 0. The van der Waals surface area contributed by atoms with E-state index in [9.17, 15) is 21.6 Å². The number of nitrogens with one attached hydrogen (secondary N) is 1. The molecule has 0 bridgehead atoms. The fourth-order valence-corrected chi connectivity index (χ4v) is 3.41. The van der Waals surface area contributed by atoms with Gasteiger partial charge in [-0.3, -0.25) is 4.72 Å². The zero-order chi connectivity index (χ0) is 14.2. The largest absolute Gasteiger partial charge is 0.398 e. The van der Waals surface area contributed by atoms with Crippen molar-refractivity contribution in [2.24, 2.45) is 0 Å². The lowest BCUT2D eigenvalue weighted by Crippen LogP contribution is -2.13. The van der Waals surface area contributed by atoms with E-state index in [4.69, 9.17) is 5.73 Å². The number of nitrogens with two attached hydrogens (primary N) is 1. The molecule has 0 aliphatic rings. The molecule has 0 saturated heterocycles. The number of hydrogen-bond acceptors (Lipinski definition) is 4. The predicted octanol–water partition coefficient (Wildman–Crippen LogP) is 2.55. The number of rotatable bonds is 3. The van der Waals surface area contributed by atoms with Crippen molar-refractivity contribution in [3.63, 3.8) is 0 Å². The van der Waals surface area contributed by atoms with Gasteiger partial charge in [-0.25, -0.2) is 21.6 Å². The van der Waals surface area contributed by atoms with Crippen LogP contribution in [0, 0.1) is 17.5 Å². The molecule has 1 heterocycles. The Labute approximate surface area is 110 Å². The maximum absolute atomic E-state index is 13.3. The molecular weight excluding hydrogens is 301 g/mol. The first-order valence-corrected chi connectivity index (χ1v) is 7.17.